The summed E-state index contributed by atoms with van der Waals surface area (Å²) in [6.45, 7) is 0.425. The van der Waals surface area contributed by atoms with Gasteiger partial charge in [0.15, 0.2) is 17.5 Å². The van der Waals surface area contributed by atoms with Crippen LogP contribution >= 0.6 is 11.6 Å². The van der Waals surface area contributed by atoms with Crippen molar-refractivity contribution in [2.24, 2.45) is 0 Å². The third kappa shape index (κ3) is 4.72. The van der Waals surface area contributed by atoms with Gasteiger partial charge in [0.2, 0.25) is 0 Å². The number of aromatic amines is 1. The maximum atomic E-state index is 13.3. The first-order valence-corrected chi connectivity index (χ1v) is 8.65. The van der Waals surface area contributed by atoms with Crippen molar-refractivity contribution in [3.63, 3.8) is 0 Å². The van der Waals surface area contributed by atoms with Crippen LogP contribution in [0.2, 0.25) is 5.02 Å². The highest BCUT2D eigenvalue weighted by atomic mass is 35.5. The van der Waals surface area contributed by atoms with Gasteiger partial charge in [-0.3, -0.25) is 14.7 Å². The second kappa shape index (κ2) is 8.62. The van der Waals surface area contributed by atoms with Gasteiger partial charge < -0.3 is 10.6 Å². The van der Waals surface area contributed by atoms with Crippen molar-refractivity contribution in [2.45, 2.75) is 6.42 Å². The zero-order chi connectivity index (χ0) is 20.1. The number of rotatable bonds is 6. The van der Waals surface area contributed by atoms with Crippen LogP contribution in [0, 0.1) is 11.6 Å². The van der Waals surface area contributed by atoms with Crippen LogP contribution in [0.25, 0.3) is 0 Å². The molecule has 0 unspecified atom stereocenters. The standard InChI is InChI=1S/C19H15ClF2N4O2/c20-13-9-15(22)14(21)8-12(13)18(27)24-17-10-16(25-26-17)19(28)23-7-6-11-4-2-1-3-5-11/h1-5,8-10H,6-7H2,(H,23,28)(H2,24,25,26,27). The van der Waals surface area contributed by atoms with Crippen molar-refractivity contribution < 1.29 is 18.4 Å². The molecule has 0 aliphatic carbocycles. The molecule has 0 spiro atoms. The summed E-state index contributed by atoms with van der Waals surface area (Å²) in [5.74, 6) is -3.49. The Hall–Kier alpha value is -3.26. The van der Waals surface area contributed by atoms with Gasteiger partial charge >= 0.3 is 0 Å². The molecule has 0 radical (unpaired) electrons. The smallest absolute Gasteiger partial charge is 0.269 e. The van der Waals surface area contributed by atoms with E-state index in [9.17, 15) is 18.4 Å². The maximum Gasteiger partial charge on any atom is 0.269 e. The number of halogens is 3. The Morgan fingerprint density at radius 3 is 2.50 bits per heavy atom. The molecule has 28 heavy (non-hydrogen) atoms. The Morgan fingerprint density at radius 1 is 1.04 bits per heavy atom. The van der Waals surface area contributed by atoms with E-state index in [1.165, 1.54) is 6.07 Å². The normalized spacial score (nSPS) is 10.5. The van der Waals surface area contributed by atoms with Gasteiger partial charge in [-0.15, -0.1) is 0 Å². The van der Waals surface area contributed by atoms with E-state index in [1.807, 2.05) is 30.3 Å². The molecule has 9 heteroatoms. The predicted octanol–water partition coefficient (Wildman–Crippen LogP) is 3.57. The first-order chi connectivity index (χ1) is 13.4. The molecule has 1 aromatic heterocycles. The Labute approximate surface area is 163 Å². The molecule has 0 saturated heterocycles. The molecule has 0 saturated carbocycles. The first-order valence-electron chi connectivity index (χ1n) is 8.27. The lowest BCUT2D eigenvalue weighted by atomic mass is 10.1. The first kappa shape index (κ1) is 19.5. The van der Waals surface area contributed by atoms with E-state index in [1.54, 1.807) is 0 Å². The van der Waals surface area contributed by atoms with Crippen LogP contribution in [-0.2, 0) is 6.42 Å². The second-order valence-electron chi connectivity index (χ2n) is 5.86. The number of amides is 2. The van der Waals surface area contributed by atoms with Gasteiger partial charge in [0.1, 0.15) is 5.69 Å². The molecule has 0 bridgehead atoms. The second-order valence-corrected chi connectivity index (χ2v) is 6.27. The minimum absolute atomic E-state index is 0.0407. The summed E-state index contributed by atoms with van der Waals surface area (Å²) >= 11 is 5.77. The summed E-state index contributed by atoms with van der Waals surface area (Å²) in [7, 11) is 0. The van der Waals surface area contributed by atoms with Crippen LogP contribution in [-0.4, -0.2) is 28.6 Å². The summed E-state index contributed by atoms with van der Waals surface area (Å²) in [4.78, 5) is 24.3. The Bertz CT molecular complexity index is 1010. The van der Waals surface area contributed by atoms with E-state index in [0.29, 0.717) is 25.1 Å². The number of hydrogen-bond acceptors (Lipinski definition) is 3. The van der Waals surface area contributed by atoms with Gasteiger partial charge in [0.25, 0.3) is 11.8 Å². The van der Waals surface area contributed by atoms with Crippen molar-refractivity contribution in [3.8, 4) is 0 Å². The predicted molar refractivity (Wildman–Crippen MR) is 100 cm³/mol. The van der Waals surface area contributed by atoms with Crippen LogP contribution in [0.3, 0.4) is 0 Å². The molecule has 3 N–H and O–H groups in total. The molecular weight excluding hydrogens is 390 g/mol. The number of carbonyl (C=O) groups is 2. The van der Waals surface area contributed by atoms with Crippen LogP contribution < -0.4 is 10.6 Å². The summed E-state index contributed by atoms with van der Waals surface area (Å²) in [5.41, 5.74) is 0.973. The largest absolute Gasteiger partial charge is 0.350 e. The maximum absolute atomic E-state index is 13.3. The lowest BCUT2D eigenvalue weighted by molar-refractivity contribution is 0.0948. The third-order valence-electron chi connectivity index (χ3n) is 3.86. The topological polar surface area (TPSA) is 86.9 Å². The number of anilines is 1. The fraction of sp³-hybridized carbons (Fsp3) is 0.105. The van der Waals surface area contributed by atoms with Crippen LogP contribution in [0.4, 0.5) is 14.6 Å². The third-order valence-corrected chi connectivity index (χ3v) is 4.17. The number of carbonyl (C=O) groups excluding carboxylic acids is 2. The fourth-order valence-electron chi connectivity index (χ4n) is 2.44. The molecule has 144 valence electrons. The molecular formula is C19H15ClF2N4O2. The van der Waals surface area contributed by atoms with E-state index >= 15 is 0 Å². The van der Waals surface area contributed by atoms with Crippen molar-refractivity contribution in [1.29, 1.82) is 0 Å². The van der Waals surface area contributed by atoms with Crippen molar-refractivity contribution in [3.05, 3.63) is 82.0 Å². The van der Waals surface area contributed by atoms with Gasteiger partial charge in [0, 0.05) is 12.6 Å². The number of hydrogen-bond donors (Lipinski definition) is 3. The Kier molecular flexibility index (Phi) is 6.00. The Balaban J connectivity index is 1.58. The van der Waals surface area contributed by atoms with Gasteiger partial charge in [-0.05, 0) is 24.1 Å². The molecule has 0 fully saturated rings. The fourth-order valence-corrected chi connectivity index (χ4v) is 2.68. The van der Waals surface area contributed by atoms with Crippen molar-refractivity contribution in [2.75, 3.05) is 11.9 Å². The average Bonchev–Trinajstić information content (AvgIpc) is 3.14. The average molecular weight is 405 g/mol. The molecule has 6 nitrogen and oxygen atoms in total. The van der Waals surface area contributed by atoms with Crippen molar-refractivity contribution >= 4 is 29.2 Å². The minimum Gasteiger partial charge on any atom is -0.350 e. The number of benzene rings is 2. The number of aromatic nitrogens is 2. The van der Waals surface area contributed by atoms with Crippen LogP contribution in [0.5, 0.6) is 0 Å². The highest BCUT2D eigenvalue weighted by molar-refractivity contribution is 6.34. The summed E-state index contributed by atoms with van der Waals surface area (Å²) in [5, 5.41) is 11.2. The highest BCUT2D eigenvalue weighted by Gasteiger charge is 2.17. The van der Waals surface area contributed by atoms with E-state index in [4.69, 9.17) is 11.6 Å². The van der Waals surface area contributed by atoms with E-state index in [-0.39, 0.29) is 22.1 Å². The van der Waals surface area contributed by atoms with Gasteiger partial charge in [-0.1, -0.05) is 41.9 Å². The quantitative estimate of drug-likeness (QED) is 0.549. The van der Waals surface area contributed by atoms with Gasteiger partial charge in [-0.2, -0.15) is 5.10 Å². The highest BCUT2D eigenvalue weighted by Crippen LogP contribution is 2.21. The molecule has 2 amide bonds. The summed E-state index contributed by atoms with van der Waals surface area (Å²) in [6, 6.07) is 12.4. The molecule has 0 aliphatic heterocycles. The zero-order valence-corrected chi connectivity index (χ0v) is 15.2. The van der Waals surface area contributed by atoms with E-state index in [2.05, 4.69) is 20.8 Å². The number of nitrogens with one attached hydrogen (secondary N) is 3. The van der Waals surface area contributed by atoms with Gasteiger partial charge in [0.05, 0.1) is 10.6 Å². The molecule has 3 aromatic rings. The van der Waals surface area contributed by atoms with Gasteiger partial charge in [-0.25, -0.2) is 8.78 Å². The molecule has 1 heterocycles. The van der Waals surface area contributed by atoms with Crippen LogP contribution in [0.1, 0.15) is 26.4 Å². The molecule has 0 aliphatic rings. The van der Waals surface area contributed by atoms with E-state index in [0.717, 1.165) is 5.56 Å². The number of H-pyrrole nitrogens is 1. The monoisotopic (exact) mass is 404 g/mol. The number of nitrogens with zero attached hydrogens (tertiary/aromatic N) is 1. The summed E-state index contributed by atoms with van der Waals surface area (Å²) < 4.78 is 26.4. The zero-order valence-electron chi connectivity index (χ0n) is 14.4. The molecule has 2 aromatic carbocycles. The summed E-state index contributed by atoms with van der Waals surface area (Å²) in [6.07, 6.45) is 0.666. The lowest BCUT2D eigenvalue weighted by Gasteiger charge is -2.05. The SMILES string of the molecule is O=C(NCCc1ccccc1)c1cc(NC(=O)c2cc(F)c(F)cc2Cl)n[nH]1. The Morgan fingerprint density at radius 2 is 1.75 bits per heavy atom. The minimum atomic E-state index is -1.20. The van der Waals surface area contributed by atoms with E-state index < -0.39 is 23.4 Å². The molecule has 0 atom stereocenters. The lowest BCUT2D eigenvalue weighted by Crippen LogP contribution is -2.26. The van der Waals surface area contributed by atoms with Crippen LogP contribution in [0.15, 0.2) is 48.5 Å². The molecule has 3 rings (SSSR count). The van der Waals surface area contributed by atoms with Crippen molar-refractivity contribution in [1.82, 2.24) is 15.5 Å².